The molecule has 6 heteroatoms. The van der Waals surface area contributed by atoms with E-state index in [1.807, 2.05) is 13.8 Å². The molecule has 1 aromatic heterocycles. The molecule has 0 aliphatic carbocycles. The molecule has 0 spiro atoms. The number of amides is 2. The van der Waals surface area contributed by atoms with E-state index >= 15 is 0 Å². The molecule has 0 bridgehead atoms. The van der Waals surface area contributed by atoms with Crippen LogP contribution >= 0.6 is 0 Å². The number of nitrogens with one attached hydrogen (secondary N) is 1. The minimum Gasteiger partial charge on any atom is -0.472 e. The number of hydrogen-bond acceptors (Lipinski definition) is 4. The normalized spacial score (nSPS) is 10.7. The predicted octanol–water partition coefficient (Wildman–Crippen LogP) is 1.41. The number of nitrogens with zero attached hydrogens (tertiary/aromatic N) is 1. The lowest BCUT2D eigenvalue weighted by atomic mass is 10.1. The summed E-state index contributed by atoms with van der Waals surface area (Å²) in [5.41, 5.74) is 0.439. The molecule has 0 atom stereocenters. The standard InChI is InChI=1S/C15H24N2O4/c1-3-13(4-2)17(8-9-18)14(19)5-7-16-15(20)12-6-10-21-11-12/h6,10-11,13,18H,3-5,7-9H2,1-2H3,(H,16,20). The molecule has 0 aliphatic rings. The predicted molar refractivity (Wildman–Crippen MR) is 78.8 cm³/mol. The van der Waals surface area contributed by atoms with Gasteiger partial charge >= 0.3 is 0 Å². The minimum atomic E-state index is -0.257. The van der Waals surface area contributed by atoms with Crippen molar-refractivity contribution in [3.63, 3.8) is 0 Å². The molecule has 1 rings (SSSR count). The highest BCUT2D eigenvalue weighted by molar-refractivity contribution is 5.94. The summed E-state index contributed by atoms with van der Waals surface area (Å²) in [6.45, 7) is 4.59. The number of aliphatic hydroxyl groups excluding tert-OH is 1. The van der Waals surface area contributed by atoms with Crippen LogP contribution in [0.3, 0.4) is 0 Å². The molecular formula is C15H24N2O4. The van der Waals surface area contributed by atoms with Gasteiger partial charge in [0.05, 0.1) is 18.4 Å². The van der Waals surface area contributed by atoms with Crippen molar-refractivity contribution in [1.82, 2.24) is 10.2 Å². The first-order valence-corrected chi connectivity index (χ1v) is 7.34. The number of carbonyl (C=O) groups excluding carboxylic acids is 2. The van der Waals surface area contributed by atoms with Crippen LogP contribution in [0.1, 0.15) is 43.5 Å². The molecular weight excluding hydrogens is 272 g/mol. The van der Waals surface area contributed by atoms with Gasteiger partial charge in [-0.3, -0.25) is 9.59 Å². The Labute approximate surface area is 125 Å². The Bertz CT molecular complexity index is 427. The van der Waals surface area contributed by atoms with Crippen molar-refractivity contribution in [2.45, 2.75) is 39.2 Å². The summed E-state index contributed by atoms with van der Waals surface area (Å²) >= 11 is 0. The second-order valence-corrected chi connectivity index (χ2v) is 4.80. The molecule has 0 aliphatic heterocycles. The molecule has 2 amide bonds. The Morgan fingerprint density at radius 1 is 1.38 bits per heavy atom. The fraction of sp³-hybridized carbons (Fsp3) is 0.600. The maximum absolute atomic E-state index is 12.2. The number of hydrogen-bond donors (Lipinski definition) is 2. The van der Waals surface area contributed by atoms with E-state index < -0.39 is 0 Å². The SMILES string of the molecule is CCC(CC)N(CCO)C(=O)CCNC(=O)c1ccoc1. The lowest BCUT2D eigenvalue weighted by Gasteiger charge is -2.30. The first-order chi connectivity index (χ1) is 10.1. The maximum atomic E-state index is 12.2. The van der Waals surface area contributed by atoms with Gasteiger partial charge in [-0.2, -0.15) is 0 Å². The van der Waals surface area contributed by atoms with Crippen LogP contribution in [-0.2, 0) is 4.79 Å². The monoisotopic (exact) mass is 296 g/mol. The van der Waals surface area contributed by atoms with Gasteiger partial charge in [-0.05, 0) is 18.9 Å². The molecule has 6 nitrogen and oxygen atoms in total. The first-order valence-electron chi connectivity index (χ1n) is 7.34. The quantitative estimate of drug-likeness (QED) is 0.722. The second-order valence-electron chi connectivity index (χ2n) is 4.80. The summed E-state index contributed by atoms with van der Waals surface area (Å²) < 4.78 is 4.83. The summed E-state index contributed by atoms with van der Waals surface area (Å²) in [4.78, 5) is 25.6. The minimum absolute atomic E-state index is 0.0507. The summed E-state index contributed by atoms with van der Waals surface area (Å²) in [6.07, 6.45) is 4.71. The lowest BCUT2D eigenvalue weighted by molar-refractivity contribution is -0.134. The van der Waals surface area contributed by atoms with E-state index in [1.54, 1.807) is 11.0 Å². The molecule has 0 radical (unpaired) electrons. The van der Waals surface area contributed by atoms with E-state index in [9.17, 15) is 9.59 Å². The zero-order chi connectivity index (χ0) is 15.7. The van der Waals surface area contributed by atoms with E-state index in [1.165, 1.54) is 12.5 Å². The third-order valence-corrected chi connectivity index (χ3v) is 3.45. The van der Waals surface area contributed by atoms with E-state index in [4.69, 9.17) is 9.52 Å². The molecule has 0 fully saturated rings. The van der Waals surface area contributed by atoms with E-state index in [0.717, 1.165) is 12.8 Å². The van der Waals surface area contributed by atoms with Crippen molar-refractivity contribution in [2.24, 2.45) is 0 Å². The van der Waals surface area contributed by atoms with Crippen LogP contribution in [0, 0.1) is 0 Å². The Morgan fingerprint density at radius 2 is 2.10 bits per heavy atom. The van der Waals surface area contributed by atoms with Gasteiger partial charge in [0.2, 0.25) is 5.91 Å². The summed E-state index contributed by atoms with van der Waals surface area (Å²) in [5, 5.41) is 11.8. The van der Waals surface area contributed by atoms with Gasteiger partial charge in [-0.1, -0.05) is 13.8 Å². The Kier molecular flexibility index (Phi) is 7.53. The highest BCUT2D eigenvalue weighted by atomic mass is 16.3. The third kappa shape index (κ3) is 5.23. The maximum Gasteiger partial charge on any atom is 0.254 e. The Balaban J connectivity index is 2.44. The van der Waals surface area contributed by atoms with Gasteiger partial charge < -0.3 is 19.7 Å². The highest BCUT2D eigenvalue weighted by Crippen LogP contribution is 2.10. The molecule has 1 aromatic rings. The topological polar surface area (TPSA) is 82.8 Å². The van der Waals surface area contributed by atoms with Crippen LogP contribution < -0.4 is 5.32 Å². The van der Waals surface area contributed by atoms with Crippen LogP contribution in [-0.4, -0.2) is 47.6 Å². The van der Waals surface area contributed by atoms with Crippen molar-refractivity contribution >= 4 is 11.8 Å². The average molecular weight is 296 g/mol. The van der Waals surface area contributed by atoms with Crippen LogP contribution in [0.5, 0.6) is 0 Å². The van der Waals surface area contributed by atoms with Crippen LogP contribution in [0.25, 0.3) is 0 Å². The molecule has 0 saturated heterocycles. The van der Waals surface area contributed by atoms with Gasteiger partial charge in [0, 0.05) is 25.6 Å². The molecule has 0 unspecified atom stereocenters. The van der Waals surface area contributed by atoms with Crippen LogP contribution in [0.2, 0.25) is 0 Å². The molecule has 21 heavy (non-hydrogen) atoms. The molecule has 1 heterocycles. The fourth-order valence-electron chi connectivity index (χ4n) is 2.27. The first kappa shape index (κ1) is 17.2. The van der Waals surface area contributed by atoms with E-state index in [-0.39, 0.29) is 37.4 Å². The number of rotatable bonds is 9. The van der Waals surface area contributed by atoms with Crippen molar-refractivity contribution < 1.29 is 19.1 Å². The summed E-state index contributed by atoms with van der Waals surface area (Å²) in [5.74, 6) is -0.307. The Morgan fingerprint density at radius 3 is 2.62 bits per heavy atom. The largest absolute Gasteiger partial charge is 0.472 e. The Hall–Kier alpha value is -1.82. The second kappa shape index (κ2) is 9.18. The van der Waals surface area contributed by atoms with Crippen LogP contribution in [0.4, 0.5) is 0 Å². The zero-order valence-corrected chi connectivity index (χ0v) is 12.7. The number of aliphatic hydroxyl groups is 1. The summed E-state index contributed by atoms with van der Waals surface area (Å²) in [7, 11) is 0. The van der Waals surface area contributed by atoms with Gasteiger partial charge in [0.15, 0.2) is 0 Å². The van der Waals surface area contributed by atoms with Gasteiger partial charge in [0.25, 0.3) is 5.91 Å². The van der Waals surface area contributed by atoms with E-state index in [2.05, 4.69) is 5.32 Å². The van der Waals surface area contributed by atoms with Gasteiger partial charge in [-0.25, -0.2) is 0 Å². The third-order valence-electron chi connectivity index (χ3n) is 3.45. The smallest absolute Gasteiger partial charge is 0.254 e. The average Bonchev–Trinajstić information content (AvgIpc) is 3.01. The van der Waals surface area contributed by atoms with Crippen molar-refractivity contribution in [3.05, 3.63) is 24.2 Å². The molecule has 118 valence electrons. The lowest BCUT2D eigenvalue weighted by Crippen LogP contribution is -2.42. The molecule has 2 N–H and O–H groups in total. The fourth-order valence-corrected chi connectivity index (χ4v) is 2.27. The van der Waals surface area contributed by atoms with Crippen molar-refractivity contribution in [2.75, 3.05) is 19.7 Å². The van der Waals surface area contributed by atoms with Gasteiger partial charge in [0.1, 0.15) is 6.26 Å². The van der Waals surface area contributed by atoms with Crippen molar-refractivity contribution in [1.29, 1.82) is 0 Å². The zero-order valence-electron chi connectivity index (χ0n) is 12.7. The molecule has 0 aromatic carbocycles. The summed E-state index contributed by atoms with van der Waals surface area (Å²) in [6, 6.07) is 1.70. The highest BCUT2D eigenvalue weighted by Gasteiger charge is 2.20. The van der Waals surface area contributed by atoms with Crippen LogP contribution in [0.15, 0.2) is 23.0 Å². The van der Waals surface area contributed by atoms with E-state index in [0.29, 0.717) is 12.1 Å². The molecule has 0 saturated carbocycles. The number of carbonyl (C=O) groups is 2. The van der Waals surface area contributed by atoms with Crippen molar-refractivity contribution in [3.8, 4) is 0 Å². The number of furan rings is 1. The van der Waals surface area contributed by atoms with Gasteiger partial charge in [-0.15, -0.1) is 0 Å².